The van der Waals surface area contributed by atoms with E-state index in [2.05, 4.69) is 34.6 Å². The average molecular weight is 396 g/mol. The standard InChI is InChI=1S/C22H25FN4O2/c1-15(2)19-12-17(29-27-19)14-26-22(24-3)25-13-16-8-4-6-10-20(16)28-21-11-7-5-9-18(21)23/h4-12,15H,13-14H2,1-3H3,(H2,24,25,26). The van der Waals surface area contributed by atoms with E-state index in [-0.39, 0.29) is 5.75 Å². The lowest BCUT2D eigenvalue weighted by molar-refractivity contribution is 0.372. The molecule has 2 aromatic carbocycles. The number of aromatic nitrogens is 1. The Kier molecular flexibility index (Phi) is 6.84. The Balaban J connectivity index is 1.60. The van der Waals surface area contributed by atoms with E-state index in [1.165, 1.54) is 6.07 Å². The van der Waals surface area contributed by atoms with Crippen molar-refractivity contribution in [3.8, 4) is 11.5 Å². The number of ether oxygens (including phenoxy) is 1. The highest BCUT2D eigenvalue weighted by molar-refractivity contribution is 5.79. The molecular formula is C22H25FN4O2. The Morgan fingerprint density at radius 2 is 1.76 bits per heavy atom. The van der Waals surface area contributed by atoms with E-state index in [0.29, 0.717) is 30.7 Å². The van der Waals surface area contributed by atoms with E-state index in [9.17, 15) is 4.39 Å². The maximum atomic E-state index is 13.9. The molecule has 0 aliphatic rings. The summed E-state index contributed by atoms with van der Waals surface area (Å²) < 4.78 is 25.0. The van der Waals surface area contributed by atoms with Gasteiger partial charge in [0.2, 0.25) is 0 Å². The number of nitrogens with zero attached hydrogens (tertiary/aromatic N) is 2. The third-order valence-corrected chi connectivity index (χ3v) is 4.30. The molecule has 2 N–H and O–H groups in total. The average Bonchev–Trinajstić information content (AvgIpc) is 3.20. The lowest BCUT2D eigenvalue weighted by atomic mass is 10.1. The summed E-state index contributed by atoms with van der Waals surface area (Å²) in [5.41, 5.74) is 1.80. The van der Waals surface area contributed by atoms with Crippen molar-refractivity contribution < 1.29 is 13.7 Å². The molecule has 0 unspecified atom stereocenters. The van der Waals surface area contributed by atoms with Gasteiger partial charge in [-0.3, -0.25) is 4.99 Å². The second-order valence-corrected chi connectivity index (χ2v) is 6.79. The number of aliphatic imine (C=N–C) groups is 1. The molecule has 0 saturated carbocycles. The molecule has 6 nitrogen and oxygen atoms in total. The fourth-order valence-electron chi connectivity index (χ4n) is 2.65. The molecule has 152 valence electrons. The Hall–Kier alpha value is -3.35. The minimum atomic E-state index is -0.402. The molecule has 0 fully saturated rings. The van der Waals surface area contributed by atoms with Crippen LogP contribution in [0.4, 0.5) is 4.39 Å². The molecule has 0 bridgehead atoms. The lowest BCUT2D eigenvalue weighted by Crippen LogP contribution is -2.36. The van der Waals surface area contributed by atoms with E-state index < -0.39 is 5.82 Å². The van der Waals surface area contributed by atoms with Gasteiger partial charge in [0.15, 0.2) is 23.3 Å². The number of guanidine groups is 1. The molecule has 0 aliphatic carbocycles. The monoisotopic (exact) mass is 396 g/mol. The molecule has 1 heterocycles. The van der Waals surface area contributed by atoms with Gasteiger partial charge in [0.25, 0.3) is 0 Å². The first-order valence-corrected chi connectivity index (χ1v) is 9.47. The van der Waals surface area contributed by atoms with Gasteiger partial charge in [-0.15, -0.1) is 0 Å². The summed E-state index contributed by atoms with van der Waals surface area (Å²) in [5, 5.41) is 10.5. The summed E-state index contributed by atoms with van der Waals surface area (Å²) in [5.74, 6) is 2.02. The van der Waals surface area contributed by atoms with Gasteiger partial charge in [-0.1, -0.05) is 49.3 Å². The summed E-state index contributed by atoms with van der Waals surface area (Å²) in [4.78, 5) is 4.22. The van der Waals surface area contributed by atoms with Crippen molar-refractivity contribution in [3.05, 3.63) is 77.4 Å². The number of benzene rings is 2. The van der Waals surface area contributed by atoms with Crippen LogP contribution < -0.4 is 15.4 Å². The first-order chi connectivity index (χ1) is 14.1. The zero-order chi connectivity index (χ0) is 20.6. The van der Waals surface area contributed by atoms with Gasteiger partial charge < -0.3 is 19.9 Å². The minimum absolute atomic E-state index is 0.189. The van der Waals surface area contributed by atoms with E-state index in [1.807, 2.05) is 30.3 Å². The summed E-state index contributed by atoms with van der Waals surface area (Å²) in [6, 6.07) is 15.8. The largest absolute Gasteiger partial charge is 0.454 e. The van der Waals surface area contributed by atoms with Crippen molar-refractivity contribution in [2.24, 2.45) is 4.99 Å². The van der Waals surface area contributed by atoms with Crippen LogP contribution in [0, 0.1) is 5.82 Å². The highest BCUT2D eigenvalue weighted by Gasteiger charge is 2.10. The van der Waals surface area contributed by atoms with Crippen molar-refractivity contribution in [2.75, 3.05) is 7.05 Å². The molecule has 0 spiro atoms. The van der Waals surface area contributed by atoms with Crippen molar-refractivity contribution in [1.29, 1.82) is 0 Å². The van der Waals surface area contributed by atoms with Crippen LogP contribution in [-0.4, -0.2) is 18.2 Å². The fraction of sp³-hybridized carbons (Fsp3) is 0.273. The van der Waals surface area contributed by atoms with Crippen molar-refractivity contribution in [3.63, 3.8) is 0 Å². The Labute approximate surface area is 169 Å². The summed E-state index contributed by atoms with van der Waals surface area (Å²) in [7, 11) is 1.69. The molecule has 0 saturated heterocycles. The molecular weight excluding hydrogens is 371 g/mol. The molecule has 0 aliphatic heterocycles. The number of hydrogen-bond donors (Lipinski definition) is 2. The minimum Gasteiger partial charge on any atom is -0.454 e. The number of nitrogens with one attached hydrogen (secondary N) is 2. The molecule has 3 aromatic rings. The summed E-state index contributed by atoms with van der Waals surface area (Å²) in [6.45, 7) is 5.05. The molecule has 29 heavy (non-hydrogen) atoms. The van der Waals surface area contributed by atoms with Gasteiger partial charge in [-0.25, -0.2) is 4.39 Å². The zero-order valence-electron chi connectivity index (χ0n) is 16.8. The Bertz CT molecular complexity index is 969. The van der Waals surface area contributed by atoms with Gasteiger partial charge in [0.05, 0.1) is 12.2 Å². The highest BCUT2D eigenvalue weighted by atomic mass is 19.1. The predicted molar refractivity (Wildman–Crippen MR) is 111 cm³/mol. The second kappa shape index (κ2) is 9.73. The predicted octanol–water partition coefficient (Wildman–Crippen LogP) is 4.59. The van der Waals surface area contributed by atoms with Crippen molar-refractivity contribution >= 4 is 5.96 Å². The molecule has 0 atom stereocenters. The first kappa shape index (κ1) is 20.4. The second-order valence-electron chi connectivity index (χ2n) is 6.79. The van der Waals surface area contributed by atoms with Crippen LogP contribution in [0.2, 0.25) is 0 Å². The van der Waals surface area contributed by atoms with Crippen molar-refractivity contribution in [2.45, 2.75) is 32.9 Å². The van der Waals surface area contributed by atoms with E-state index >= 15 is 0 Å². The number of rotatable bonds is 7. The molecule has 1 aromatic heterocycles. The smallest absolute Gasteiger partial charge is 0.191 e. The van der Waals surface area contributed by atoms with Gasteiger partial charge >= 0.3 is 0 Å². The molecule has 0 amide bonds. The number of halogens is 1. The SMILES string of the molecule is CN=C(NCc1cc(C(C)C)no1)NCc1ccccc1Oc1ccccc1F. The van der Waals surface area contributed by atoms with Crippen LogP contribution in [0.15, 0.2) is 64.1 Å². The van der Waals surface area contributed by atoms with E-state index in [4.69, 9.17) is 9.26 Å². The maximum Gasteiger partial charge on any atom is 0.191 e. The Morgan fingerprint density at radius 3 is 2.45 bits per heavy atom. The van der Waals surface area contributed by atoms with E-state index in [1.54, 1.807) is 25.2 Å². The van der Waals surface area contributed by atoms with Gasteiger partial charge in [0.1, 0.15) is 5.75 Å². The van der Waals surface area contributed by atoms with Crippen LogP contribution in [0.5, 0.6) is 11.5 Å². The molecule has 7 heteroatoms. The summed E-state index contributed by atoms with van der Waals surface area (Å²) in [6.07, 6.45) is 0. The molecule has 3 rings (SSSR count). The van der Waals surface area contributed by atoms with Crippen LogP contribution >= 0.6 is 0 Å². The zero-order valence-corrected chi connectivity index (χ0v) is 16.8. The normalized spacial score (nSPS) is 11.6. The van der Waals surface area contributed by atoms with Crippen LogP contribution in [-0.2, 0) is 13.1 Å². The van der Waals surface area contributed by atoms with E-state index in [0.717, 1.165) is 17.0 Å². The third kappa shape index (κ3) is 5.57. The summed E-state index contributed by atoms with van der Waals surface area (Å²) >= 11 is 0. The molecule has 0 radical (unpaired) electrons. The van der Waals surface area contributed by atoms with Gasteiger partial charge in [-0.05, 0) is 24.1 Å². The van der Waals surface area contributed by atoms with Crippen LogP contribution in [0.3, 0.4) is 0 Å². The quantitative estimate of drug-likeness (QED) is 0.451. The Morgan fingerprint density at radius 1 is 1.07 bits per heavy atom. The number of para-hydroxylation sites is 2. The van der Waals surface area contributed by atoms with Gasteiger partial charge in [-0.2, -0.15) is 0 Å². The highest BCUT2D eigenvalue weighted by Crippen LogP contribution is 2.27. The van der Waals surface area contributed by atoms with Crippen LogP contribution in [0.25, 0.3) is 0 Å². The topological polar surface area (TPSA) is 71.7 Å². The number of hydrogen-bond acceptors (Lipinski definition) is 4. The maximum absolute atomic E-state index is 13.9. The lowest BCUT2D eigenvalue weighted by Gasteiger charge is -2.14. The fourth-order valence-corrected chi connectivity index (χ4v) is 2.65. The first-order valence-electron chi connectivity index (χ1n) is 9.47. The third-order valence-electron chi connectivity index (χ3n) is 4.30. The van der Waals surface area contributed by atoms with Gasteiger partial charge in [0, 0.05) is 25.2 Å². The van der Waals surface area contributed by atoms with Crippen molar-refractivity contribution in [1.82, 2.24) is 15.8 Å². The van der Waals surface area contributed by atoms with Crippen LogP contribution in [0.1, 0.15) is 36.8 Å².